The molecule has 0 fully saturated rings. The molecule has 2 aliphatic rings. The summed E-state index contributed by atoms with van der Waals surface area (Å²) in [6.07, 6.45) is 2.89. The Balaban J connectivity index is 1.53. The first-order chi connectivity index (χ1) is 13.5. The van der Waals surface area contributed by atoms with Gasteiger partial charge < -0.3 is 15.0 Å². The van der Waals surface area contributed by atoms with Crippen molar-refractivity contribution in [2.45, 2.75) is 46.2 Å². The number of nitrogens with one attached hydrogen (secondary N) is 2. The lowest BCUT2D eigenvalue weighted by Crippen LogP contribution is -2.26. The Hall–Kier alpha value is -2.90. The van der Waals surface area contributed by atoms with Crippen LogP contribution in [0.15, 0.2) is 6.07 Å². The van der Waals surface area contributed by atoms with Crippen molar-refractivity contribution in [1.82, 2.24) is 25.4 Å². The van der Waals surface area contributed by atoms with Crippen LogP contribution in [0.2, 0.25) is 0 Å². The number of methoxy groups -OCH3 is 1. The van der Waals surface area contributed by atoms with E-state index in [0.717, 1.165) is 30.5 Å². The van der Waals surface area contributed by atoms with Crippen LogP contribution >= 0.6 is 0 Å². The molecule has 8 heteroatoms. The second kappa shape index (κ2) is 7.26. The lowest BCUT2D eigenvalue weighted by atomic mass is 9.87. The van der Waals surface area contributed by atoms with Crippen molar-refractivity contribution >= 4 is 11.8 Å². The fraction of sp³-hybridized carbons (Fsp3) is 0.500. The number of nitrogens with zero attached hydrogens (tertiary/aromatic N) is 3. The number of aryl methyl sites for hydroxylation is 1. The van der Waals surface area contributed by atoms with Gasteiger partial charge in [-0.15, -0.1) is 0 Å². The van der Waals surface area contributed by atoms with Crippen molar-refractivity contribution in [3.05, 3.63) is 39.8 Å². The summed E-state index contributed by atoms with van der Waals surface area (Å²) in [5.74, 6) is 0.721. The summed E-state index contributed by atoms with van der Waals surface area (Å²) in [4.78, 5) is 31.4. The van der Waals surface area contributed by atoms with E-state index >= 15 is 0 Å². The SMILES string of the molecule is CCN1Cc2nc(OC)c(CNC(=O)c3n[nH]c4c3C[C@H](C)CC4)cc2C1=O. The van der Waals surface area contributed by atoms with Gasteiger partial charge in [0.1, 0.15) is 0 Å². The average Bonchev–Trinajstić information content (AvgIpc) is 3.25. The van der Waals surface area contributed by atoms with Crippen molar-refractivity contribution in [3.8, 4) is 5.88 Å². The second-order valence-electron chi connectivity index (χ2n) is 7.53. The maximum absolute atomic E-state index is 12.7. The van der Waals surface area contributed by atoms with Gasteiger partial charge in [0.2, 0.25) is 5.88 Å². The molecule has 28 heavy (non-hydrogen) atoms. The molecule has 0 bridgehead atoms. The number of amides is 2. The van der Waals surface area contributed by atoms with Crippen molar-refractivity contribution in [3.63, 3.8) is 0 Å². The second-order valence-corrected chi connectivity index (χ2v) is 7.53. The fourth-order valence-corrected chi connectivity index (χ4v) is 3.98. The van der Waals surface area contributed by atoms with E-state index in [2.05, 4.69) is 27.4 Å². The van der Waals surface area contributed by atoms with Gasteiger partial charge in [0.05, 0.1) is 24.9 Å². The van der Waals surface area contributed by atoms with Gasteiger partial charge in [-0.05, 0) is 38.2 Å². The number of hydrogen-bond donors (Lipinski definition) is 2. The van der Waals surface area contributed by atoms with Crippen LogP contribution in [0.3, 0.4) is 0 Å². The van der Waals surface area contributed by atoms with Gasteiger partial charge in [-0.2, -0.15) is 5.10 Å². The molecule has 0 radical (unpaired) electrons. The van der Waals surface area contributed by atoms with Crippen LogP contribution in [0.25, 0.3) is 0 Å². The third-order valence-corrected chi connectivity index (χ3v) is 5.62. The van der Waals surface area contributed by atoms with Crippen molar-refractivity contribution in [2.75, 3.05) is 13.7 Å². The largest absolute Gasteiger partial charge is 0.481 e. The normalized spacial score (nSPS) is 18.0. The number of fused-ring (bicyclic) bond motifs is 2. The van der Waals surface area contributed by atoms with Gasteiger partial charge in [0, 0.05) is 29.9 Å². The molecule has 0 saturated heterocycles. The summed E-state index contributed by atoms with van der Waals surface area (Å²) < 4.78 is 5.39. The molecule has 0 aromatic carbocycles. The molecular formula is C20H25N5O3. The smallest absolute Gasteiger partial charge is 0.272 e. The molecule has 0 unspecified atom stereocenters. The van der Waals surface area contributed by atoms with E-state index in [1.807, 2.05) is 6.92 Å². The third-order valence-electron chi connectivity index (χ3n) is 5.62. The zero-order chi connectivity index (χ0) is 19.8. The molecule has 1 aliphatic heterocycles. The lowest BCUT2D eigenvalue weighted by Gasteiger charge is -2.18. The van der Waals surface area contributed by atoms with Crippen molar-refractivity contribution < 1.29 is 14.3 Å². The Bertz CT molecular complexity index is 936. The molecule has 0 spiro atoms. The first-order valence-corrected chi connectivity index (χ1v) is 9.72. The van der Waals surface area contributed by atoms with Gasteiger partial charge in [0.15, 0.2) is 5.69 Å². The average molecular weight is 383 g/mol. The number of hydrogen-bond acceptors (Lipinski definition) is 5. The van der Waals surface area contributed by atoms with Crippen LogP contribution in [0.5, 0.6) is 5.88 Å². The van der Waals surface area contributed by atoms with Crippen LogP contribution in [-0.4, -0.2) is 45.6 Å². The molecule has 4 rings (SSSR count). The number of aromatic nitrogens is 3. The maximum Gasteiger partial charge on any atom is 0.272 e. The Morgan fingerprint density at radius 3 is 3.04 bits per heavy atom. The van der Waals surface area contributed by atoms with Gasteiger partial charge in [-0.25, -0.2) is 4.98 Å². The minimum Gasteiger partial charge on any atom is -0.481 e. The molecule has 1 atom stereocenters. The van der Waals surface area contributed by atoms with E-state index in [9.17, 15) is 9.59 Å². The summed E-state index contributed by atoms with van der Waals surface area (Å²) >= 11 is 0. The topological polar surface area (TPSA) is 100 Å². The van der Waals surface area contributed by atoms with E-state index in [0.29, 0.717) is 47.4 Å². The number of carbonyl (C=O) groups is 2. The molecule has 2 aromatic rings. The Kier molecular flexibility index (Phi) is 4.78. The highest BCUT2D eigenvalue weighted by atomic mass is 16.5. The molecule has 8 nitrogen and oxygen atoms in total. The molecule has 3 heterocycles. The van der Waals surface area contributed by atoms with Gasteiger partial charge in [-0.1, -0.05) is 6.92 Å². The number of ether oxygens (including phenoxy) is 1. The minimum atomic E-state index is -0.226. The van der Waals surface area contributed by atoms with Crippen molar-refractivity contribution in [2.24, 2.45) is 5.92 Å². The molecule has 0 saturated carbocycles. The van der Waals surface area contributed by atoms with E-state index in [-0.39, 0.29) is 18.4 Å². The molecule has 148 valence electrons. The number of H-pyrrole nitrogens is 1. The maximum atomic E-state index is 12.7. The van der Waals surface area contributed by atoms with Crippen LogP contribution in [0.4, 0.5) is 0 Å². The zero-order valence-electron chi connectivity index (χ0n) is 16.5. The molecular weight excluding hydrogens is 358 g/mol. The highest BCUT2D eigenvalue weighted by Crippen LogP contribution is 2.28. The molecule has 1 aliphatic carbocycles. The van der Waals surface area contributed by atoms with Crippen LogP contribution in [-0.2, 0) is 25.9 Å². The quantitative estimate of drug-likeness (QED) is 0.821. The number of carbonyl (C=O) groups excluding carboxylic acids is 2. The fourth-order valence-electron chi connectivity index (χ4n) is 3.98. The number of rotatable bonds is 5. The summed E-state index contributed by atoms with van der Waals surface area (Å²) in [7, 11) is 1.54. The summed E-state index contributed by atoms with van der Waals surface area (Å²) in [6, 6.07) is 1.78. The molecule has 2 N–H and O–H groups in total. The summed E-state index contributed by atoms with van der Waals surface area (Å²) in [6.45, 7) is 5.47. The standard InChI is InChI=1S/C20H25N5O3/c1-4-25-10-16-14(20(25)27)8-12(19(22-16)28-3)9-21-18(26)17-13-7-11(2)5-6-15(13)23-24-17/h8,11H,4-7,9-10H2,1-3H3,(H,21,26)(H,23,24)/t11-/m1/s1. The van der Waals surface area contributed by atoms with Crippen molar-refractivity contribution in [1.29, 1.82) is 0 Å². The Morgan fingerprint density at radius 1 is 1.46 bits per heavy atom. The molecule has 2 aromatic heterocycles. The summed E-state index contributed by atoms with van der Waals surface area (Å²) in [5, 5.41) is 10.1. The molecule has 2 amide bonds. The summed E-state index contributed by atoms with van der Waals surface area (Å²) in [5.41, 5.74) is 4.52. The monoisotopic (exact) mass is 383 g/mol. The Labute approximate surface area is 163 Å². The van der Waals surface area contributed by atoms with Gasteiger partial charge >= 0.3 is 0 Å². The first-order valence-electron chi connectivity index (χ1n) is 9.72. The van der Waals surface area contributed by atoms with Gasteiger partial charge in [0.25, 0.3) is 11.8 Å². The highest BCUT2D eigenvalue weighted by molar-refractivity contribution is 5.98. The van der Waals surface area contributed by atoms with E-state index in [1.165, 1.54) is 0 Å². The van der Waals surface area contributed by atoms with E-state index in [1.54, 1.807) is 18.1 Å². The van der Waals surface area contributed by atoms with Crippen LogP contribution in [0, 0.1) is 5.92 Å². The van der Waals surface area contributed by atoms with E-state index in [4.69, 9.17) is 4.74 Å². The highest BCUT2D eigenvalue weighted by Gasteiger charge is 2.30. The third kappa shape index (κ3) is 3.12. The lowest BCUT2D eigenvalue weighted by molar-refractivity contribution is 0.0786. The first kappa shape index (κ1) is 18.5. The predicted octanol–water partition coefficient (Wildman–Crippen LogP) is 1.84. The number of aromatic amines is 1. The van der Waals surface area contributed by atoms with E-state index < -0.39 is 0 Å². The number of pyridine rings is 1. The van der Waals surface area contributed by atoms with Crippen LogP contribution < -0.4 is 10.1 Å². The van der Waals surface area contributed by atoms with Gasteiger partial charge in [-0.3, -0.25) is 14.7 Å². The minimum absolute atomic E-state index is 0.0319. The Morgan fingerprint density at radius 2 is 2.29 bits per heavy atom. The zero-order valence-corrected chi connectivity index (χ0v) is 16.5. The van der Waals surface area contributed by atoms with Crippen LogP contribution in [0.1, 0.15) is 63.6 Å². The predicted molar refractivity (Wildman–Crippen MR) is 102 cm³/mol.